The molecule has 0 unspecified atom stereocenters. The zero-order chi connectivity index (χ0) is 22.0. The van der Waals surface area contributed by atoms with Crippen LogP contribution in [0.4, 0.5) is 23.2 Å². The summed E-state index contributed by atoms with van der Waals surface area (Å²) in [6.07, 6.45) is 3.72. The van der Waals surface area contributed by atoms with Crippen LogP contribution < -0.4 is 5.32 Å². The summed E-state index contributed by atoms with van der Waals surface area (Å²) in [5.41, 5.74) is 1.53. The number of carbonyl (C=O) groups is 1. The minimum absolute atomic E-state index is 0.0992. The summed E-state index contributed by atoms with van der Waals surface area (Å²) >= 11 is 0. The van der Waals surface area contributed by atoms with Crippen LogP contribution in [0, 0.1) is 5.82 Å². The summed E-state index contributed by atoms with van der Waals surface area (Å²) in [4.78, 5) is 16.1. The molecular formula is C22H18F4N4O. The SMILES string of the molecule is O=C(/C=C/c1cncc(F)c1-c1ccn(C2CC2)n1)Nc1ccc(CC(F)(F)F)cc1. The van der Waals surface area contributed by atoms with E-state index in [1.807, 2.05) is 0 Å². The molecule has 1 fully saturated rings. The number of aromatic nitrogens is 3. The summed E-state index contributed by atoms with van der Waals surface area (Å²) in [6, 6.07) is 7.47. The summed E-state index contributed by atoms with van der Waals surface area (Å²) in [6.45, 7) is 0. The molecule has 0 spiro atoms. The Balaban J connectivity index is 1.47. The maximum absolute atomic E-state index is 14.5. The van der Waals surface area contributed by atoms with E-state index in [0.717, 1.165) is 19.0 Å². The van der Waals surface area contributed by atoms with Crippen molar-refractivity contribution in [2.75, 3.05) is 5.32 Å². The standard InChI is InChI=1S/C22H18F4N4O/c23-18-13-27-12-15(21(18)19-9-10-30(29-19)17-6-7-17)3-8-20(31)28-16-4-1-14(2-5-16)11-22(24,25)26/h1-5,8-10,12-13,17H,6-7,11H2,(H,28,31)/b8-3+. The predicted octanol–water partition coefficient (Wildman–Crippen LogP) is 5.18. The average molecular weight is 430 g/mol. The molecule has 1 amide bonds. The number of nitrogens with zero attached hydrogens (tertiary/aromatic N) is 3. The van der Waals surface area contributed by atoms with E-state index in [2.05, 4.69) is 15.4 Å². The number of rotatable bonds is 6. The Hall–Kier alpha value is -3.49. The third-order valence-corrected chi connectivity index (χ3v) is 4.75. The molecule has 2 heterocycles. The van der Waals surface area contributed by atoms with Crippen LogP contribution in [-0.4, -0.2) is 26.8 Å². The van der Waals surface area contributed by atoms with Crippen molar-refractivity contribution in [1.82, 2.24) is 14.8 Å². The molecule has 4 rings (SSSR count). The van der Waals surface area contributed by atoms with E-state index in [4.69, 9.17) is 0 Å². The third-order valence-electron chi connectivity index (χ3n) is 4.75. The first-order valence-electron chi connectivity index (χ1n) is 9.62. The van der Waals surface area contributed by atoms with Crippen LogP contribution in [-0.2, 0) is 11.2 Å². The molecule has 9 heteroatoms. The first-order chi connectivity index (χ1) is 14.8. The Morgan fingerprint density at radius 3 is 2.58 bits per heavy atom. The van der Waals surface area contributed by atoms with Gasteiger partial charge in [-0.25, -0.2) is 4.39 Å². The highest BCUT2D eigenvalue weighted by Crippen LogP contribution is 2.35. The smallest absolute Gasteiger partial charge is 0.323 e. The van der Waals surface area contributed by atoms with Crippen molar-refractivity contribution < 1.29 is 22.4 Å². The van der Waals surface area contributed by atoms with Crippen LogP contribution in [0.5, 0.6) is 0 Å². The third kappa shape index (κ3) is 5.36. The Kier molecular flexibility index (Phi) is 5.58. The van der Waals surface area contributed by atoms with Gasteiger partial charge in [0.05, 0.1) is 24.4 Å². The van der Waals surface area contributed by atoms with E-state index in [-0.39, 0.29) is 11.1 Å². The fraction of sp³-hybridized carbons (Fsp3) is 0.227. The molecule has 31 heavy (non-hydrogen) atoms. The maximum Gasteiger partial charge on any atom is 0.393 e. The van der Waals surface area contributed by atoms with Crippen LogP contribution in [0.25, 0.3) is 17.3 Å². The van der Waals surface area contributed by atoms with Gasteiger partial charge in [0.25, 0.3) is 0 Å². The second kappa shape index (κ2) is 8.33. The topological polar surface area (TPSA) is 59.8 Å². The maximum atomic E-state index is 14.5. The first kappa shape index (κ1) is 20.8. The second-order valence-corrected chi connectivity index (χ2v) is 7.31. The minimum Gasteiger partial charge on any atom is -0.323 e. The molecule has 1 saturated carbocycles. The van der Waals surface area contributed by atoms with Gasteiger partial charge in [-0.1, -0.05) is 12.1 Å². The molecule has 0 atom stereocenters. The van der Waals surface area contributed by atoms with E-state index in [9.17, 15) is 22.4 Å². The van der Waals surface area contributed by atoms with E-state index < -0.39 is 24.3 Å². The van der Waals surface area contributed by atoms with E-state index in [0.29, 0.717) is 23.0 Å². The lowest BCUT2D eigenvalue weighted by Crippen LogP contribution is -2.12. The molecule has 1 aliphatic carbocycles. The Labute approximate surface area is 175 Å². The van der Waals surface area contributed by atoms with Crippen molar-refractivity contribution in [1.29, 1.82) is 0 Å². The van der Waals surface area contributed by atoms with Crippen LogP contribution in [0.1, 0.15) is 30.0 Å². The van der Waals surface area contributed by atoms with Crippen LogP contribution >= 0.6 is 0 Å². The zero-order valence-electron chi connectivity index (χ0n) is 16.2. The van der Waals surface area contributed by atoms with Gasteiger partial charge < -0.3 is 5.32 Å². The number of halogens is 4. The first-order valence-corrected chi connectivity index (χ1v) is 9.62. The second-order valence-electron chi connectivity index (χ2n) is 7.31. The van der Waals surface area contributed by atoms with E-state index in [1.165, 1.54) is 42.6 Å². The predicted molar refractivity (Wildman–Crippen MR) is 108 cm³/mol. The van der Waals surface area contributed by atoms with Gasteiger partial charge in [0.2, 0.25) is 5.91 Å². The Bertz CT molecular complexity index is 1120. The van der Waals surface area contributed by atoms with E-state index in [1.54, 1.807) is 16.9 Å². The summed E-state index contributed by atoms with van der Waals surface area (Å²) in [5.74, 6) is -1.06. The molecule has 1 aliphatic rings. The van der Waals surface area contributed by atoms with Crippen molar-refractivity contribution in [3.05, 3.63) is 71.9 Å². The number of carbonyl (C=O) groups excluding carboxylic acids is 1. The van der Waals surface area contributed by atoms with Gasteiger partial charge in [-0.2, -0.15) is 18.3 Å². The zero-order valence-corrected chi connectivity index (χ0v) is 16.2. The average Bonchev–Trinajstić information content (AvgIpc) is 3.44. The Morgan fingerprint density at radius 2 is 1.90 bits per heavy atom. The highest BCUT2D eigenvalue weighted by atomic mass is 19.4. The van der Waals surface area contributed by atoms with Crippen LogP contribution in [0.15, 0.2) is 55.0 Å². The van der Waals surface area contributed by atoms with Gasteiger partial charge in [-0.15, -0.1) is 0 Å². The van der Waals surface area contributed by atoms with Crippen molar-refractivity contribution in [2.24, 2.45) is 0 Å². The van der Waals surface area contributed by atoms with Gasteiger partial charge in [0.1, 0.15) is 0 Å². The Morgan fingerprint density at radius 1 is 1.16 bits per heavy atom. The number of pyridine rings is 1. The highest BCUT2D eigenvalue weighted by Gasteiger charge is 2.27. The summed E-state index contributed by atoms with van der Waals surface area (Å²) < 4.78 is 53.5. The minimum atomic E-state index is -4.29. The number of hydrogen-bond acceptors (Lipinski definition) is 3. The molecule has 1 N–H and O–H groups in total. The molecule has 1 aromatic carbocycles. The largest absolute Gasteiger partial charge is 0.393 e. The lowest BCUT2D eigenvalue weighted by Gasteiger charge is -2.08. The molecule has 3 aromatic rings. The van der Waals surface area contributed by atoms with Gasteiger partial charge >= 0.3 is 6.18 Å². The molecule has 0 radical (unpaired) electrons. The molecule has 0 saturated heterocycles. The number of amides is 1. The molecule has 5 nitrogen and oxygen atoms in total. The van der Waals surface area contributed by atoms with Crippen molar-refractivity contribution >= 4 is 17.7 Å². The number of nitrogens with one attached hydrogen (secondary N) is 1. The molecule has 0 aliphatic heterocycles. The fourth-order valence-electron chi connectivity index (χ4n) is 3.15. The molecule has 0 bridgehead atoms. The number of benzene rings is 1. The van der Waals surface area contributed by atoms with Gasteiger partial charge in [0, 0.05) is 35.3 Å². The number of hydrogen-bond donors (Lipinski definition) is 1. The van der Waals surface area contributed by atoms with Gasteiger partial charge in [-0.3, -0.25) is 14.5 Å². The highest BCUT2D eigenvalue weighted by molar-refractivity contribution is 6.02. The molecular weight excluding hydrogens is 412 g/mol. The summed E-state index contributed by atoms with van der Waals surface area (Å²) in [5, 5.41) is 6.99. The normalized spacial score (nSPS) is 14.2. The number of anilines is 1. The summed E-state index contributed by atoms with van der Waals surface area (Å²) in [7, 11) is 0. The van der Waals surface area contributed by atoms with Gasteiger partial charge in [0.15, 0.2) is 5.82 Å². The van der Waals surface area contributed by atoms with Crippen molar-refractivity contribution in [3.63, 3.8) is 0 Å². The van der Waals surface area contributed by atoms with E-state index >= 15 is 0 Å². The monoisotopic (exact) mass is 430 g/mol. The van der Waals surface area contributed by atoms with Crippen LogP contribution in [0.2, 0.25) is 0 Å². The lowest BCUT2D eigenvalue weighted by molar-refractivity contribution is -0.127. The quantitative estimate of drug-likeness (QED) is 0.433. The lowest BCUT2D eigenvalue weighted by atomic mass is 10.1. The van der Waals surface area contributed by atoms with Crippen molar-refractivity contribution in [2.45, 2.75) is 31.5 Å². The number of alkyl halides is 3. The van der Waals surface area contributed by atoms with Crippen LogP contribution in [0.3, 0.4) is 0 Å². The van der Waals surface area contributed by atoms with Crippen molar-refractivity contribution in [3.8, 4) is 11.3 Å². The van der Waals surface area contributed by atoms with Gasteiger partial charge in [-0.05, 0) is 42.7 Å². The fourth-order valence-corrected chi connectivity index (χ4v) is 3.15. The molecule has 2 aromatic heterocycles. The molecule has 160 valence electrons.